The predicted molar refractivity (Wildman–Crippen MR) is 111 cm³/mol. The monoisotopic (exact) mass is 406 g/mol. The molecule has 0 aliphatic carbocycles. The summed E-state index contributed by atoms with van der Waals surface area (Å²) in [6, 6.07) is 7.63. The van der Waals surface area contributed by atoms with Crippen LogP contribution in [0.2, 0.25) is 0 Å². The molecule has 1 aromatic carbocycles. The highest BCUT2D eigenvalue weighted by molar-refractivity contribution is 5.71. The van der Waals surface area contributed by atoms with Crippen molar-refractivity contribution < 1.29 is 24.2 Å². The molecule has 1 unspecified atom stereocenters. The molecular formula is C22H34N2O5. The third-order valence-electron chi connectivity index (χ3n) is 5.22. The van der Waals surface area contributed by atoms with Crippen LogP contribution in [-0.4, -0.2) is 53.4 Å². The van der Waals surface area contributed by atoms with E-state index >= 15 is 0 Å². The van der Waals surface area contributed by atoms with Gasteiger partial charge in [0.25, 0.3) is 0 Å². The number of ether oxygens (including phenoxy) is 2. The molecule has 7 heteroatoms. The van der Waals surface area contributed by atoms with Crippen molar-refractivity contribution in [2.45, 2.75) is 71.2 Å². The molecule has 1 heterocycles. The van der Waals surface area contributed by atoms with Crippen molar-refractivity contribution in [1.29, 1.82) is 0 Å². The number of nitrogens with one attached hydrogen (secondary N) is 1. The standard InChI is InChI=1S/C22H34N2O5/c1-6-18(20(25)26)19-12-9-16(23-21(27)29-22(2,3)4)14-24(19)13-15-7-10-17(28-5)11-8-15/h7-8,10-11,16,18-19H,6,9,12-14H2,1-5H3,(H,23,27)(H,25,26)/t16-,18?,19-/m1/s1. The lowest BCUT2D eigenvalue weighted by molar-refractivity contribution is -0.145. The molecule has 1 aliphatic heterocycles. The van der Waals surface area contributed by atoms with Crippen LogP contribution in [0.5, 0.6) is 5.75 Å². The molecular weight excluding hydrogens is 372 g/mol. The van der Waals surface area contributed by atoms with Crippen LogP contribution in [0.3, 0.4) is 0 Å². The zero-order valence-electron chi connectivity index (χ0n) is 18.1. The summed E-state index contributed by atoms with van der Waals surface area (Å²) in [5.41, 5.74) is 0.523. The van der Waals surface area contributed by atoms with E-state index < -0.39 is 23.6 Å². The van der Waals surface area contributed by atoms with Crippen LogP contribution < -0.4 is 10.1 Å². The van der Waals surface area contributed by atoms with Crippen molar-refractivity contribution in [3.8, 4) is 5.75 Å². The van der Waals surface area contributed by atoms with E-state index in [0.29, 0.717) is 25.9 Å². The molecule has 1 fully saturated rings. The Balaban J connectivity index is 2.13. The Morgan fingerprint density at radius 3 is 2.41 bits per heavy atom. The Bertz CT molecular complexity index is 683. The van der Waals surface area contributed by atoms with E-state index in [4.69, 9.17) is 9.47 Å². The molecule has 162 valence electrons. The second-order valence-electron chi connectivity index (χ2n) is 8.62. The Morgan fingerprint density at radius 1 is 1.24 bits per heavy atom. The average Bonchev–Trinajstić information content (AvgIpc) is 2.62. The second-order valence-corrected chi connectivity index (χ2v) is 8.62. The summed E-state index contributed by atoms with van der Waals surface area (Å²) in [6.45, 7) is 8.61. The molecule has 0 bridgehead atoms. The van der Waals surface area contributed by atoms with E-state index in [9.17, 15) is 14.7 Å². The van der Waals surface area contributed by atoms with Crippen molar-refractivity contribution in [2.24, 2.45) is 5.92 Å². The molecule has 1 saturated heterocycles. The number of nitrogens with zero attached hydrogens (tertiary/aromatic N) is 1. The summed E-state index contributed by atoms with van der Waals surface area (Å²) in [4.78, 5) is 26.2. The van der Waals surface area contributed by atoms with E-state index in [-0.39, 0.29) is 12.1 Å². The van der Waals surface area contributed by atoms with Crippen LogP contribution in [0.15, 0.2) is 24.3 Å². The lowest BCUT2D eigenvalue weighted by Crippen LogP contribution is -2.55. The number of amides is 1. The summed E-state index contributed by atoms with van der Waals surface area (Å²) in [6.07, 6.45) is 1.58. The van der Waals surface area contributed by atoms with Crippen LogP contribution in [0, 0.1) is 5.92 Å². The molecule has 0 radical (unpaired) electrons. The number of carbonyl (C=O) groups is 2. The minimum Gasteiger partial charge on any atom is -0.497 e. The van der Waals surface area contributed by atoms with Gasteiger partial charge in [-0.15, -0.1) is 0 Å². The number of hydrogen-bond acceptors (Lipinski definition) is 5. The maximum Gasteiger partial charge on any atom is 0.407 e. The third-order valence-corrected chi connectivity index (χ3v) is 5.22. The summed E-state index contributed by atoms with van der Waals surface area (Å²) >= 11 is 0. The molecule has 0 spiro atoms. The highest BCUT2D eigenvalue weighted by atomic mass is 16.6. The number of aliphatic carboxylic acids is 1. The molecule has 0 saturated carbocycles. The number of hydrogen-bond donors (Lipinski definition) is 2. The van der Waals surface area contributed by atoms with Gasteiger partial charge in [-0.1, -0.05) is 19.1 Å². The number of piperidine rings is 1. The molecule has 1 aromatic rings. The first-order chi connectivity index (χ1) is 13.6. The molecule has 29 heavy (non-hydrogen) atoms. The van der Waals surface area contributed by atoms with Gasteiger partial charge < -0.3 is 19.9 Å². The van der Waals surface area contributed by atoms with Gasteiger partial charge in [0.15, 0.2) is 0 Å². The first-order valence-electron chi connectivity index (χ1n) is 10.2. The van der Waals surface area contributed by atoms with Gasteiger partial charge in [0.2, 0.25) is 0 Å². The Labute approximate surface area is 173 Å². The second kappa shape index (κ2) is 9.96. The minimum absolute atomic E-state index is 0.0729. The number of rotatable bonds is 7. The van der Waals surface area contributed by atoms with Crippen LogP contribution in [0.25, 0.3) is 0 Å². The van der Waals surface area contributed by atoms with Crippen LogP contribution in [0.4, 0.5) is 4.79 Å². The number of likely N-dealkylation sites (tertiary alicyclic amines) is 1. The number of alkyl carbamates (subject to hydrolysis) is 1. The lowest BCUT2D eigenvalue weighted by Gasteiger charge is -2.42. The van der Waals surface area contributed by atoms with Crippen molar-refractivity contribution in [3.63, 3.8) is 0 Å². The number of carbonyl (C=O) groups excluding carboxylic acids is 1. The van der Waals surface area contributed by atoms with Gasteiger partial charge in [-0.2, -0.15) is 0 Å². The fraction of sp³-hybridized carbons (Fsp3) is 0.636. The minimum atomic E-state index is -0.768. The number of carboxylic acid groups (broad SMARTS) is 1. The average molecular weight is 407 g/mol. The highest BCUT2D eigenvalue weighted by Crippen LogP contribution is 2.28. The van der Waals surface area contributed by atoms with Crippen molar-refractivity contribution >= 4 is 12.1 Å². The molecule has 7 nitrogen and oxygen atoms in total. The molecule has 2 N–H and O–H groups in total. The van der Waals surface area contributed by atoms with Crippen LogP contribution in [0.1, 0.15) is 52.5 Å². The van der Waals surface area contributed by atoms with Gasteiger partial charge in [-0.25, -0.2) is 4.79 Å². The Hall–Kier alpha value is -2.28. The smallest absolute Gasteiger partial charge is 0.407 e. The summed E-state index contributed by atoms with van der Waals surface area (Å²) in [5.74, 6) is -0.420. The first kappa shape index (κ1) is 23.0. The van der Waals surface area contributed by atoms with Crippen LogP contribution >= 0.6 is 0 Å². The van der Waals surface area contributed by atoms with Crippen molar-refractivity contribution in [1.82, 2.24) is 10.2 Å². The molecule has 0 aromatic heterocycles. The zero-order valence-corrected chi connectivity index (χ0v) is 18.1. The van der Waals surface area contributed by atoms with E-state index in [0.717, 1.165) is 17.7 Å². The number of methoxy groups -OCH3 is 1. The maximum absolute atomic E-state index is 12.2. The lowest BCUT2D eigenvalue weighted by atomic mass is 9.86. The third kappa shape index (κ3) is 6.92. The first-order valence-corrected chi connectivity index (χ1v) is 10.2. The molecule has 3 atom stereocenters. The van der Waals surface area contributed by atoms with Crippen molar-refractivity contribution in [3.05, 3.63) is 29.8 Å². The summed E-state index contributed by atoms with van der Waals surface area (Å²) in [5, 5.41) is 12.6. The van der Waals surface area contributed by atoms with Gasteiger partial charge >= 0.3 is 12.1 Å². The molecule has 1 aliphatic rings. The topological polar surface area (TPSA) is 88.1 Å². The fourth-order valence-corrected chi connectivity index (χ4v) is 3.87. The zero-order chi connectivity index (χ0) is 21.6. The summed E-state index contributed by atoms with van der Waals surface area (Å²) < 4.78 is 10.6. The van der Waals surface area contributed by atoms with Crippen LogP contribution in [-0.2, 0) is 16.1 Å². The molecule has 2 rings (SSSR count). The predicted octanol–water partition coefficient (Wildman–Crippen LogP) is 3.66. The molecule has 1 amide bonds. The van der Waals surface area contributed by atoms with Gasteiger partial charge in [0.05, 0.1) is 13.0 Å². The number of benzene rings is 1. The largest absolute Gasteiger partial charge is 0.497 e. The van der Waals surface area contributed by atoms with E-state index in [1.165, 1.54) is 0 Å². The summed E-state index contributed by atoms with van der Waals surface area (Å²) in [7, 11) is 1.63. The van der Waals surface area contributed by atoms with E-state index in [2.05, 4.69) is 10.2 Å². The quantitative estimate of drug-likeness (QED) is 0.718. The Morgan fingerprint density at radius 2 is 1.90 bits per heavy atom. The van der Waals surface area contributed by atoms with Crippen molar-refractivity contribution in [2.75, 3.05) is 13.7 Å². The van der Waals surface area contributed by atoms with Gasteiger partial charge in [0.1, 0.15) is 11.4 Å². The van der Waals surface area contributed by atoms with Gasteiger partial charge in [-0.3, -0.25) is 9.69 Å². The fourth-order valence-electron chi connectivity index (χ4n) is 3.87. The van der Waals surface area contributed by atoms with E-state index in [1.807, 2.05) is 52.0 Å². The number of carboxylic acids is 1. The van der Waals surface area contributed by atoms with Gasteiger partial charge in [0, 0.05) is 25.2 Å². The highest BCUT2D eigenvalue weighted by Gasteiger charge is 2.37. The normalized spacial score (nSPS) is 21.3. The van der Waals surface area contributed by atoms with E-state index in [1.54, 1.807) is 7.11 Å². The maximum atomic E-state index is 12.2. The Kier molecular flexibility index (Phi) is 7.90. The SMILES string of the molecule is CCC(C(=O)O)[C@H]1CC[C@@H](NC(=O)OC(C)(C)C)CN1Cc1ccc(OC)cc1. The van der Waals surface area contributed by atoms with Gasteiger partial charge in [-0.05, 0) is 57.7 Å².